The van der Waals surface area contributed by atoms with E-state index < -0.39 is 47.8 Å². The van der Waals surface area contributed by atoms with Crippen molar-refractivity contribution >= 4 is 35.6 Å². The van der Waals surface area contributed by atoms with Crippen LogP contribution in [0.15, 0.2) is 24.3 Å². The van der Waals surface area contributed by atoms with Gasteiger partial charge in [-0.2, -0.15) is 5.01 Å². The van der Waals surface area contributed by atoms with Gasteiger partial charge in [0.15, 0.2) is 0 Å². The van der Waals surface area contributed by atoms with Gasteiger partial charge in [-0.05, 0) is 18.9 Å². The Morgan fingerprint density at radius 2 is 1.80 bits per heavy atom. The second-order valence-corrected chi connectivity index (χ2v) is 8.54. The molecular weight excluding hydrogens is 456 g/mol. The van der Waals surface area contributed by atoms with Gasteiger partial charge in [0, 0.05) is 26.0 Å². The van der Waals surface area contributed by atoms with Gasteiger partial charge in [0.25, 0.3) is 5.91 Å². The highest BCUT2D eigenvalue weighted by Gasteiger charge is 2.56. The Balaban J connectivity index is 2.34. The molecule has 1 saturated heterocycles. The van der Waals surface area contributed by atoms with Crippen molar-refractivity contribution in [3.8, 4) is 0 Å². The molecule has 12 heteroatoms. The van der Waals surface area contributed by atoms with E-state index in [9.17, 15) is 29.1 Å². The number of urea groups is 1. The lowest BCUT2D eigenvalue weighted by Gasteiger charge is -2.31. The molecule has 0 bridgehead atoms. The van der Waals surface area contributed by atoms with E-state index in [2.05, 4.69) is 5.32 Å². The molecule has 1 fully saturated rings. The van der Waals surface area contributed by atoms with Crippen LogP contribution in [0.3, 0.4) is 0 Å². The molecule has 0 spiro atoms. The van der Waals surface area contributed by atoms with Crippen LogP contribution in [0.5, 0.6) is 0 Å². The number of rotatable bonds is 11. The van der Waals surface area contributed by atoms with Crippen LogP contribution in [-0.4, -0.2) is 75.2 Å². The predicted octanol–water partition coefficient (Wildman–Crippen LogP) is 0.993. The number of nitrogens with one attached hydrogen (secondary N) is 2. The summed E-state index contributed by atoms with van der Waals surface area (Å²) >= 11 is 0. The second-order valence-electron chi connectivity index (χ2n) is 8.54. The van der Waals surface area contributed by atoms with Crippen LogP contribution >= 0.6 is 0 Å². The first-order valence-corrected chi connectivity index (χ1v) is 11.2. The number of benzene rings is 1. The number of amidine groups is 1. The number of likely N-dealkylation sites (N-methyl/N-ethyl adjacent to an activating group) is 1. The van der Waals surface area contributed by atoms with Gasteiger partial charge in [0.1, 0.15) is 17.4 Å². The maximum absolute atomic E-state index is 13.5. The molecule has 0 unspecified atom stereocenters. The van der Waals surface area contributed by atoms with Crippen molar-refractivity contribution in [2.45, 2.75) is 58.0 Å². The Kier molecular flexibility index (Phi) is 8.56. The van der Waals surface area contributed by atoms with Gasteiger partial charge in [-0.15, -0.1) is 0 Å². The van der Waals surface area contributed by atoms with Gasteiger partial charge in [0.2, 0.25) is 11.8 Å². The number of imide groups is 1. The average molecular weight is 489 g/mol. The third-order valence-electron chi connectivity index (χ3n) is 6.11. The summed E-state index contributed by atoms with van der Waals surface area (Å²) in [7, 11) is 1.39. The number of carboxylic acid groups (broad SMARTS) is 1. The third kappa shape index (κ3) is 5.58. The molecule has 2 rings (SSSR count). The first-order chi connectivity index (χ1) is 16.4. The quantitative estimate of drug-likeness (QED) is 0.155. The van der Waals surface area contributed by atoms with Crippen molar-refractivity contribution in [3.63, 3.8) is 0 Å². The van der Waals surface area contributed by atoms with E-state index in [0.29, 0.717) is 22.6 Å². The zero-order chi connectivity index (χ0) is 26.5. The molecule has 1 aromatic carbocycles. The largest absolute Gasteiger partial charge is 0.480 e. The first kappa shape index (κ1) is 27.3. The van der Waals surface area contributed by atoms with E-state index in [0.717, 1.165) is 29.7 Å². The minimum absolute atomic E-state index is 0.121. The zero-order valence-corrected chi connectivity index (χ0v) is 20.3. The summed E-state index contributed by atoms with van der Waals surface area (Å²) in [6.07, 6.45) is 2.40. The molecule has 0 aromatic heterocycles. The molecule has 5 N–H and O–H groups in total. The van der Waals surface area contributed by atoms with E-state index in [4.69, 9.17) is 11.1 Å². The number of nitrogens with zero attached hydrogens (tertiary/aromatic N) is 3. The fraction of sp³-hybridized carbons (Fsp3) is 0.478. The summed E-state index contributed by atoms with van der Waals surface area (Å²) in [6, 6.07) is 3.82. The molecule has 2 atom stereocenters. The van der Waals surface area contributed by atoms with E-state index in [1.165, 1.54) is 26.1 Å². The molecule has 0 aliphatic carbocycles. The summed E-state index contributed by atoms with van der Waals surface area (Å²) in [4.78, 5) is 64.3. The van der Waals surface area contributed by atoms with Crippen molar-refractivity contribution in [3.05, 3.63) is 35.4 Å². The SMILES string of the molecule is CCCCCC(=O)N[C@@H](CN(C(C)=O)N1C(=O)N(C)[C@@](C)(c2ccc(C(=N)N)cc2)C1=O)C(=O)O. The highest BCUT2D eigenvalue weighted by Crippen LogP contribution is 2.37. The van der Waals surface area contributed by atoms with E-state index in [1.807, 2.05) is 6.92 Å². The summed E-state index contributed by atoms with van der Waals surface area (Å²) in [5.74, 6) is -3.59. The number of aliphatic carboxylic acids is 1. The minimum atomic E-state index is -1.53. The Morgan fingerprint density at radius 3 is 2.29 bits per heavy atom. The number of hydrogen-bond acceptors (Lipinski definition) is 6. The third-order valence-corrected chi connectivity index (χ3v) is 6.11. The van der Waals surface area contributed by atoms with Gasteiger partial charge in [0.05, 0.1) is 6.54 Å². The number of nitrogen functional groups attached to an aromatic ring is 1. The van der Waals surface area contributed by atoms with E-state index >= 15 is 0 Å². The first-order valence-electron chi connectivity index (χ1n) is 11.2. The molecule has 0 radical (unpaired) electrons. The number of hydrogen-bond donors (Lipinski definition) is 4. The Morgan fingerprint density at radius 1 is 1.20 bits per heavy atom. The Hall–Kier alpha value is -3.96. The molecule has 1 aliphatic rings. The van der Waals surface area contributed by atoms with Crippen molar-refractivity contribution < 1.29 is 29.1 Å². The second kappa shape index (κ2) is 11.0. The number of carbonyl (C=O) groups excluding carboxylic acids is 4. The molecule has 1 heterocycles. The number of hydrazine groups is 1. The fourth-order valence-corrected chi connectivity index (χ4v) is 3.79. The van der Waals surface area contributed by atoms with Gasteiger partial charge < -0.3 is 21.1 Å². The standard InChI is InChI=1S/C23H32N6O6/c1-5-6-7-8-18(31)26-17(20(32)33)13-28(14(2)30)29-21(34)23(3,27(4)22(29)35)16-11-9-15(10-12-16)19(24)25/h9-12,17H,5-8,13H2,1-4H3,(H3,24,25)(H,26,31)(H,32,33)/t17-,23-/m0/s1. The summed E-state index contributed by atoms with van der Waals surface area (Å²) in [5.41, 5.74) is 4.81. The van der Waals surface area contributed by atoms with Gasteiger partial charge in [-0.3, -0.25) is 19.8 Å². The summed E-state index contributed by atoms with van der Waals surface area (Å²) in [6.45, 7) is 3.95. The lowest BCUT2D eigenvalue weighted by Crippen LogP contribution is -2.57. The molecule has 35 heavy (non-hydrogen) atoms. The molecule has 190 valence electrons. The van der Waals surface area contributed by atoms with Gasteiger partial charge in [-0.1, -0.05) is 44.0 Å². The predicted molar refractivity (Wildman–Crippen MR) is 126 cm³/mol. The summed E-state index contributed by atoms with van der Waals surface area (Å²) in [5, 5.41) is 20.9. The van der Waals surface area contributed by atoms with Crippen molar-refractivity contribution in [1.29, 1.82) is 5.41 Å². The van der Waals surface area contributed by atoms with Crippen molar-refractivity contribution in [1.82, 2.24) is 20.2 Å². The smallest absolute Gasteiger partial charge is 0.347 e. The number of carboxylic acids is 1. The monoisotopic (exact) mass is 488 g/mol. The topological polar surface area (TPSA) is 177 Å². The van der Waals surface area contributed by atoms with E-state index in [1.54, 1.807) is 12.1 Å². The number of carbonyl (C=O) groups is 5. The molecule has 12 nitrogen and oxygen atoms in total. The van der Waals surface area contributed by atoms with Crippen LogP contribution in [0.2, 0.25) is 0 Å². The van der Waals surface area contributed by atoms with E-state index in [-0.39, 0.29) is 12.3 Å². The highest BCUT2D eigenvalue weighted by molar-refractivity contribution is 6.08. The maximum Gasteiger partial charge on any atom is 0.347 e. The van der Waals surface area contributed by atoms with Crippen LogP contribution in [0.4, 0.5) is 4.79 Å². The fourth-order valence-electron chi connectivity index (χ4n) is 3.79. The zero-order valence-electron chi connectivity index (χ0n) is 20.3. The molecule has 1 aliphatic heterocycles. The maximum atomic E-state index is 13.5. The van der Waals surface area contributed by atoms with Crippen LogP contribution < -0.4 is 11.1 Å². The average Bonchev–Trinajstić information content (AvgIpc) is 2.97. The number of unbranched alkanes of at least 4 members (excludes halogenated alkanes) is 2. The number of amides is 5. The molecule has 0 saturated carbocycles. The minimum Gasteiger partial charge on any atom is -0.480 e. The van der Waals surface area contributed by atoms with Crippen LogP contribution in [0.25, 0.3) is 0 Å². The van der Waals surface area contributed by atoms with Crippen LogP contribution in [0.1, 0.15) is 57.6 Å². The Labute approximate surface area is 203 Å². The highest BCUT2D eigenvalue weighted by atomic mass is 16.4. The number of nitrogens with two attached hydrogens (primary N) is 1. The van der Waals surface area contributed by atoms with Crippen LogP contribution in [-0.2, 0) is 24.7 Å². The van der Waals surface area contributed by atoms with Gasteiger partial charge in [-0.25, -0.2) is 14.6 Å². The lowest BCUT2D eigenvalue weighted by molar-refractivity contribution is -0.158. The Bertz CT molecular complexity index is 1030. The molecule has 1 aromatic rings. The molecule has 5 amide bonds. The summed E-state index contributed by atoms with van der Waals surface area (Å²) < 4.78 is 0. The normalized spacial score (nSPS) is 18.4. The lowest BCUT2D eigenvalue weighted by atomic mass is 9.90. The van der Waals surface area contributed by atoms with Crippen molar-refractivity contribution in [2.75, 3.05) is 13.6 Å². The van der Waals surface area contributed by atoms with Crippen LogP contribution in [0, 0.1) is 5.41 Å². The van der Waals surface area contributed by atoms with Crippen molar-refractivity contribution in [2.24, 2.45) is 5.73 Å². The molecular formula is C23H32N6O6. The van der Waals surface area contributed by atoms with Gasteiger partial charge >= 0.3 is 12.0 Å².